The molecule has 0 spiro atoms. The summed E-state index contributed by atoms with van der Waals surface area (Å²) < 4.78 is 0. The third-order valence-electron chi connectivity index (χ3n) is 11.9. The van der Waals surface area contributed by atoms with Crippen molar-refractivity contribution >= 4 is 0 Å². The van der Waals surface area contributed by atoms with Gasteiger partial charge in [-0.2, -0.15) is 0 Å². The van der Waals surface area contributed by atoms with Gasteiger partial charge in [0.05, 0.1) is 0 Å². The van der Waals surface area contributed by atoms with E-state index in [9.17, 15) is 15.3 Å². The van der Waals surface area contributed by atoms with E-state index in [0.717, 1.165) is 71.9 Å². The molecule has 0 unspecified atom stereocenters. The van der Waals surface area contributed by atoms with Gasteiger partial charge in [-0.25, -0.2) is 0 Å². The van der Waals surface area contributed by atoms with E-state index in [4.69, 9.17) is 0 Å². The predicted molar refractivity (Wildman–Crippen MR) is 245 cm³/mol. The maximum absolute atomic E-state index is 11.5. The highest BCUT2D eigenvalue weighted by Gasteiger charge is 2.27. The van der Waals surface area contributed by atoms with Crippen LogP contribution in [0.5, 0.6) is 17.2 Å². The molecule has 4 rings (SSSR count). The number of phenols is 3. The van der Waals surface area contributed by atoms with Gasteiger partial charge >= 0.3 is 0 Å². The zero-order chi connectivity index (χ0) is 43.1. The Morgan fingerprint density at radius 2 is 0.596 bits per heavy atom. The topological polar surface area (TPSA) is 60.7 Å². The number of benzene rings is 4. The Morgan fingerprint density at radius 1 is 0.386 bits per heavy atom. The molecule has 312 valence electrons. The van der Waals surface area contributed by atoms with Gasteiger partial charge in [-0.15, -0.1) is 0 Å². The molecule has 3 N–H and O–H groups in total. The molecule has 0 aromatic heterocycles. The Hall–Kier alpha value is -3.72. The maximum Gasteiger partial charge on any atom is 0.122 e. The molecule has 0 saturated carbocycles. The van der Waals surface area contributed by atoms with Crippen molar-refractivity contribution in [2.75, 3.05) is 0 Å². The van der Waals surface area contributed by atoms with E-state index in [0.29, 0.717) is 35.0 Å². The molecule has 4 aromatic carbocycles. The lowest BCUT2D eigenvalue weighted by molar-refractivity contribution is 0.435. The standard InChI is InChI=1S/C54H78O3/c1-31(2)19-40-22-37(28-46(49(40)55)52(10,11)12)25-43-34(7)44(26-38-23-41(20-32(3)4)50(56)47(29-38)53(13,14)15)36(9)45(35(43)8)27-39-24-42(21-33(5)6)51(57)48(30-39)54(16,17)18/h22-24,28-33,55-57H,19-21,25-27H2,1-18H3. The van der Waals surface area contributed by atoms with Crippen LogP contribution in [0.1, 0.15) is 187 Å². The number of hydrogen-bond acceptors (Lipinski definition) is 3. The summed E-state index contributed by atoms with van der Waals surface area (Å²) >= 11 is 0. The van der Waals surface area contributed by atoms with Gasteiger partial charge in [-0.05, 0) is 177 Å². The second kappa shape index (κ2) is 17.2. The fraction of sp³-hybridized carbons (Fsp3) is 0.556. The Morgan fingerprint density at radius 3 is 0.772 bits per heavy atom. The molecule has 0 aliphatic carbocycles. The van der Waals surface area contributed by atoms with Crippen LogP contribution in [-0.4, -0.2) is 15.3 Å². The first kappa shape index (κ1) is 46.0. The van der Waals surface area contributed by atoms with Crippen molar-refractivity contribution < 1.29 is 15.3 Å². The summed E-state index contributed by atoms with van der Waals surface area (Å²) in [5.41, 5.74) is 17.2. The largest absolute Gasteiger partial charge is 0.507 e. The zero-order valence-corrected chi connectivity index (χ0v) is 39.3. The molecule has 0 bridgehead atoms. The summed E-state index contributed by atoms with van der Waals surface area (Å²) in [6, 6.07) is 13.5. The molecule has 0 atom stereocenters. The van der Waals surface area contributed by atoms with E-state index in [1.807, 2.05) is 0 Å². The summed E-state index contributed by atoms with van der Waals surface area (Å²) in [7, 11) is 0. The summed E-state index contributed by atoms with van der Waals surface area (Å²) in [4.78, 5) is 0. The summed E-state index contributed by atoms with van der Waals surface area (Å²) in [5, 5.41) is 34.6. The van der Waals surface area contributed by atoms with Crippen molar-refractivity contribution in [2.24, 2.45) is 17.8 Å². The first-order valence-electron chi connectivity index (χ1n) is 21.8. The van der Waals surface area contributed by atoms with E-state index in [1.165, 1.54) is 50.1 Å². The van der Waals surface area contributed by atoms with Crippen LogP contribution in [0.4, 0.5) is 0 Å². The molecule has 0 amide bonds. The predicted octanol–water partition coefficient (Wildman–Crippen LogP) is 14.0. The smallest absolute Gasteiger partial charge is 0.122 e. The molecule has 0 radical (unpaired) electrons. The minimum Gasteiger partial charge on any atom is -0.507 e. The molecular weight excluding hydrogens is 697 g/mol. The zero-order valence-electron chi connectivity index (χ0n) is 39.3. The van der Waals surface area contributed by atoms with Crippen molar-refractivity contribution in [3.05, 3.63) is 120 Å². The SMILES string of the molecule is Cc1c(Cc2cc(CC(C)C)c(O)c(C(C)(C)C)c2)c(C)c(Cc2cc(CC(C)C)c(O)c(C(C)(C)C)c2)c(C)c1Cc1cc(CC(C)C)c(O)c(C(C)(C)C)c1. The number of phenolic OH excluding ortho intramolecular Hbond substituents is 3. The molecule has 0 heterocycles. The molecule has 4 aromatic rings. The van der Waals surface area contributed by atoms with E-state index < -0.39 is 0 Å². The monoisotopic (exact) mass is 775 g/mol. The lowest BCUT2D eigenvalue weighted by atomic mass is 9.78. The third kappa shape index (κ3) is 10.9. The van der Waals surface area contributed by atoms with Gasteiger partial charge in [0.1, 0.15) is 17.2 Å². The van der Waals surface area contributed by atoms with Crippen LogP contribution in [0.2, 0.25) is 0 Å². The van der Waals surface area contributed by atoms with Gasteiger partial charge < -0.3 is 15.3 Å². The normalized spacial score (nSPS) is 12.8. The molecule has 57 heavy (non-hydrogen) atoms. The Labute approximate surface area is 348 Å². The molecule has 0 aliphatic rings. The van der Waals surface area contributed by atoms with Gasteiger partial charge in [0.25, 0.3) is 0 Å². The molecule has 0 aliphatic heterocycles. The van der Waals surface area contributed by atoms with Crippen LogP contribution < -0.4 is 0 Å². The first-order chi connectivity index (χ1) is 26.1. The fourth-order valence-corrected chi connectivity index (χ4v) is 8.89. The van der Waals surface area contributed by atoms with Crippen molar-refractivity contribution in [2.45, 2.75) is 179 Å². The fourth-order valence-electron chi connectivity index (χ4n) is 8.89. The van der Waals surface area contributed by atoms with E-state index in [1.54, 1.807) is 0 Å². The van der Waals surface area contributed by atoms with E-state index >= 15 is 0 Å². The first-order valence-corrected chi connectivity index (χ1v) is 21.8. The second-order valence-electron chi connectivity index (χ2n) is 21.8. The van der Waals surface area contributed by atoms with E-state index in [-0.39, 0.29) is 16.2 Å². The second-order valence-corrected chi connectivity index (χ2v) is 21.8. The Bertz CT molecular complexity index is 1810. The minimum atomic E-state index is -0.200. The highest BCUT2D eigenvalue weighted by Crippen LogP contribution is 2.41. The Kier molecular flexibility index (Phi) is 13.9. The molecule has 3 nitrogen and oxygen atoms in total. The van der Waals surface area contributed by atoms with Gasteiger partial charge in [0.2, 0.25) is 0 Å². The Balaban J connectivity index is 2.05. The van der Waals surface area contributed by atoms with Crippen molar-refractivity contribution in [3.63, 3.8) is 0 Å². The molecule has 0 saturated heterocycles. The van der Waals surface area contributed by atoms with Crippen LogP contribution in [0.25, 0.3) is 0 Å². The van der Waals surface area contributed by atoms with Crippen LogP contribution in [-0.2, 0) is 54.8 Å². The minimum absolute atomic E-state index is 0.200. The van der Waals surface area contributed by atoms with Crippen LogP contribution in [0.3, 0.4) is 0 Å². The quantitative estimate of drug-likeness (QED) is 0.134. The van der Waals surface area contributed by atoms with Gasteiger partial charge in [-0.1, -0.05) is 140 Å². The average Bonchev–Trinajstić information content (AvgIpc) is 3.05. The molecule has 0 fully saturated rings. The summed E-state index contributed by atoms with van der Waals surface area (Å²) in [6.45, 7) is 40.0. The highest BCUT2D eigenvalue weighted by atomic mass is 16.3. The summed E-state index contributed by atoms with van der Waals surface area (Å²) in [5.74, 6) is 2.60. The average molecular weight is 775 g/mol. The number of hydrogen-bond donors (Lipinski definition) is 3. The molecule has 3 heteroatoms. The van der Waals surface area contributed by atoms with Gasteiger partial charge in [-0.3, -0.25) is 0 Å². The van der Waals surface area contributed by atoms with Crippen LogP contribution in [0.15, 0.2) is 36.4 Å². The van der Waals surface area contributed by atoms with Crippen LogP contribution in [0, 0.1) is 38.5 Å². The number of rotatable bonds is 12. The van der Waals surface area contributed by atoms with Crippen molar-refractivity contribution in [1.82, 2.24) is 0 Å². The van der Waals surface area contributed by atoms with E-state index in [2.05, 4.69) is 161 Å². The lowest BCUT2D eigenvalue weighted by Gasteiger charge is -2.27. The van der Waals surface area contributed by atoms with Gasteiger partial charge in [0.15, 0.2) is 0 Å². The number of aromatic hydroxyl groups is 3. The maximum atomic E-state index is 11.5. The van der Waals surface area contributed by atoms with Crippen molar-refractivity contribution in [3.8, 4) is 17.2 Å². The third-order valence-corrected chi connectivity index (χ3v) is 11.9. The lowest BCUT2D eigenvalue weighted by Crippen LogP contribution is -2.15. The molecular formula is C54H78O3. The van der Waals surface area contributed by atoms with Crippen molar-refractivity contribution in [1.29, 1.82) is 0 Å². The van der Waals surface area contributed by atoms with Gasteiger partial charge in [0, 0.05) is 0 Å². The summed E-state index contributed by atoms with van der Waals surface area (Å²) in [6.07, 6.45) is 4.81. The highest BCUT2D eigenvalue weighted by molar-refractivity contribution is 5.58. The van der Waals surface area contributed by atoms with Crippen LogP contribution >= 0.6 is 0 Å².